The summed E-state index contributed by atoms with van der Waals surface area (Å²) >= 11 is 0. The quantitative estimate of drug-likeness (QED) is 0.377. The predicted octanol–water partition coefficient (Wildman–Crippen LogP) is 3.51. The molecule has 2 atom stereocenters. The Bertz CT molecular complexity index is 1260. The second-order valence-electron chi connectivity index (χ2n) is 11.5. The molecule has 1 aromatic carbocycles. The Hall–Kier alpha value is -3.27. The van der Waals surface area contributed by atoms with Crippen LogP contribution < -0.4 is 16.6 Å². The van der Waals surface area contributed by atoms with E-state index in [1.54, 1.807) is 48.8 Å². The molecule has 2 saturated carbocycles. The molecule has 210 valence electrons. The van der Waals surface area contributed by atoms with Gasteiger partial charge in [0.25, 0.3) is 11.5 Å². The fraction of sp³-hybridized carbons (Fsp3) is 0.621. The summed E-state index contributed by atoms with van der Waals surface area (Å²) in [4.78, 5) is 45.1. The molecular formula is C29H39N5O5. The van der Waals surface area contributed by atoms with E-state index < -0.39 is 29.8 Å². The van der Waals surface area contributed by atoms with E-state index in [0.29, 0.717) is 23.1 Å². The van der Waals surface area contributed by atoms with Crippen LogP contribution in [0.3, 0.4) is 0 Å². The highest BCUT2D eigenvalue weighted by Crippen LogP contribution is 2.39. The maximum Gasteiger partial charge on any atom is 0.344 e. The summed E-state index contributed by atoms with van der Waals surface area (Å²) < 4.78 is 1.68. The van der Waals surface area contributed by atoms with Crippen LogP contribution >= 0.6 is 0 Å². The molecule has 1 aromatic heterocycles. The number of aromatic nitrogens is 2. The van der Waals surface area contributed by atoms with Gasteiger partial charge in [-0.2, -0.15) is 0 Å². The first-order chi connectivity index (χ1) is 18.9. The molecule has 4 bridgehead atoms. The number of benzene rings is 1. The maximum absolute atomic E-state index is 13.5. The van der Waals surface area contributed by atoms with Gasteiger partial charge in [-0.15, -0.1) is 0 Å². The number of piperidine rings is 2. The van der Waals surface area contributed by atoms with Crippen molar-refractivity contribution in [1.29, 1.82) is 0 Å². The molecule has 1 amide bonds. The van der Waals surface area contributed by atoms with Gasteiger partial charge in [0.2, 0.25) is 6.61 Å². The lowest BCUT2D eigenvalue weighted by Crippen LogP contribution is -2.50. The molecular weight excluding hydrogens is 498 g/mol. The van der Waals surface area contributed by atoms with Crippen molar-refractivity contribution in [1.82, 2.24) is 14.9 Å². The number of rotatable bonds is 6. The van der Waals surface area contributed by atoms with Gasteiger partial charge in [-0.05, 0) is 56.1 Å². The summed E-state index contributed by atoms with van der Waals surface area (Å²) in [7, 11) is 0. The minimum atomic E-state index is -1.27. The monoisotopic (exact) mass is 537 g/mol. The minimum Gasteiger partial charge on any atom is -0.479 e. The third-order valence-electron chi connectivity index (χ3n) is 8.77. The van der Waals surface area contributed by atoms with Gasteiger partial charge in [0.1, 0.15) is 0 Å². The first-order valence-electron chi connectivity index (χ1n) is 14.4. The molecule has 10 nitrogen and oxygen atoms in total. The molecule has 2 aliphatic carbocycles. The number of carbonyl (C=O) groups excluding carboxylic acids is 1. The van der Waals surface area contributed by atoms with Crippen LogP contribution in [-0.4, -0.2) is 50.9 Å². The number of aliphatic carboxylic acids is 1. The Morgan fingerprint density at radius 2 is 1.62 bits per heavy atom. The molecule has 0 spiro atoms. The number of carbonyl (C=O) groups is 2. The van der Waals surface area contributed by atoms with Crippen LogP contribution in [0.15, 0.2) is 34.2 Å². The number of nitrogens with two attached hydrogens (primary N) is 1. The standard InChI is InChI=1S/C20H23N5O5.C9H16/c21-19(28)17(24-30-10-16(26)27)18-20(29)25(15-7-2-1-6-14(15)23-18)13-8-11-4-3-5-12(9-13)22-11;1-3-8-5-2-6-9(4-1)7-8/h1-2,6-7,11-13,22H,3-5,8-10H2,(H2,21,28)(H,26,27);8-9H,1-7H2/b24-17-;. The van der Waals surface area contributed by atoms with Gasteiger partial charge in [-0.1, -0.05) is 62.2 Å². The average Bonchev–Trinajstić information content (AvgIpc) is 2.91. The van der Waals surface area contributed by atoms with Crippen molar-refractivity contribution in [2.75, 3.05) is 6.61 Å². The number of para-hydroxylation sites is 2. The molecule has 6 rings (SSSR count). The molecule has 3 heterocycles. The van der Waals surface area contributed by atoms with Crippen molar-refractivity contribution in [3.05, 3.63) is 40.3 Å². The maximum atomic E-state index is 13.5. The molecule has 2 saturated heterocycles. The van der Waals surface area contributed by atoms with Crippen molar-refractivity contribution in [3.8, 4) is 0 Å². The Balaban J connectivity index is 0.000000287. The minimum absolute atomic E-state index is 0.0604. The number of hydrogen-bond donors (Lipinski definition) is 3. The normalized spacial score (nSPS) is 28.2. The highest BCUT2D eigenvalue weighted by Gasteiger charge is 2.34. The van der Waals surface area contributed by atoms with E-state index >= 15 is 0 Å². The van der Waals surface area contributed by atoms with Gasteiger partial charge >= 0.3 is 5.97 Å². The average molecular weight is 538 g/mol. The number of fused-ring (bicyclic) bond motifs is 5. The third-order valence-corrected chi connectivity index (χ3v) is 8.77. The van der Waals surface area contributed by atoms with E-state index in [1.165, 1.54) is 19.3 Å². The second kappa shape index (κ2) is 12.3. The SMILES string of the molecule is C1CC2CCCC(C1)C2.NC(=O)/C(=N\OCC(=O)O)c1nc2ccccc2n(C2CC3CCCC(C2)N3)c1=O. The number of carboxylic acid groups (broad SMARTS) is 1. The first kappa shape index (κ1) is 27.3. The fourth-order valence-corrected chi connectivity index (χ4v) is 7.10. The molecule has 4 aliphatic rings. The van der Waals surface area contributed by atoms with Crippen molar-refractivity contribution in [3.63, 3.8) is 0 Å². The van der Waals surface area contributed by atoms with Crippen LogP contribution in [0.5, 0.6) is 0 Å². The van der Waals surface area contributed by atoms with Gasteiger partial charge in [0.15, 0.2) is 11.4 Å². The molecule has 10 heteroatoms. The summed E-state index contributed by atoms with van der Waals surface area (Å²) in [5.41, 5.74) is 5.37. The second-order valence-corrected chi connectivity index (χ2v) is 11.5. The number of hydrogen-bond acceptors (Lipinski definition) is 7. The molecule has 2 aromatic rings. The number of carboxylic acids is 1. The molecule has 0 radical (unpaired) electrons. The van der Waals surface area contributed by atoms with E-state index in [-0.39, 0.29) is 11.7 Å². The number of nitrogens with zero attached hydrogens (tertiary/aromatic N) is 3. The smallest absolute Gasteiger partial charge is 0.344 e. The van der Waals surface area contributed by atoms with E-state index in [0.717, 1.165) is 37.5 Å². The lowest BCUT2D eigenvalue weighted by molar-refractivity contribution is -0.142. The Kier molecular flexibility index (Phi) is 8.60. The summed E-state index contributed by atoms with van der Waals surface area (Å²) in [5, 5.41) is 15.9. The molecule has 2 unspecified atom stereocenters. The fourth-order valence-electron chi connectivity index (χ4n) is 7.10. The summed E-state index contributed by atoms with van der Waals surface area (Å²) in [6.45, 7) is -0.768. The van der Waals surface area contributed by atoms with Crippen molar-refractivity contribution in [2.45, 2.75) is 95.2 Å². The molecule has 4 fully saturated rings. The topological polar surface area (TPSA) is 149 Å². The Morgan fingerprint density at radius 1 is 1.00 bits per heavy atom. The third kappa shape index (κ3) is 6.49. The van der Waals surface area contributed by atoms with E-state index in [1.807, 2.05) is 12.1 Å². The van der Waals surface area contributed by atoms with E-state index in [4.69, 9.17) is 10.8 Å². The Morgan fingerprint density at radius 3 is 2.21 bits per heavy atom. The number of amides is 1. The van der Waals surface area contributed by atoms with Crippen molar-refractivity contribution < 1.29 is 19.5 Å². The molecule has 39 heavy (non-hydrogen) atoms. The number of nitrogens with one attached hydrogen (secondary N) is 1. The lowest BCUT2D eigenvalue weighted by Gasteiger charge is -2.41. The van der Waals surface area contributed by atoms with Gasteiger partial charge in [0.05, 0.1) is 11.0 Å². The first-order valence-corrected chi connectivity index (χ1v) is 14.4. The van der Waals surface area contributed by atoms with Crippen molar-refractivity contribution in [2.24, 2.45) is 22.7 Å². The zero-order chi connectivity index (χ0) is 27.4. The van der Waals surface area contributed by atoms with Crippen LogP contribution in [0.25, 0.3) is 11.0 Å². The van der Waals surface area contributed by atoms with Crippen LogP contribution in [-0.2, 0) is 14.4 Å². The van der Waals surface area contributed by atoms with Crippen LogP contribution in [0.2, 0.25) is 0 Å². The zero-order valence-electron chi connectivity index (χ0n) is 22.4. The lowest BCUT2D eigenvalue weighted by atomic mass is 9.72. The van der Waals surface area contributed by atoms with E-state index in [2.05, 4.69) is 20.3 Å². The van der Waals surface area contributed by atoms with E-state index in [9.17, 15) is 14.4 Å². The molecule has 4 N–H and O–H groups in total. The zero-order valence-corrected chi connectivity index (χ0v) is 22.4. The van der Waals surface area contributed by atoms with Crippen molar-refractivity contribution >= 4 is 28.6 Å². The summed E-state index contributed by atoms with van der Waals surface area (Å²) in [6.07, 6.45) is 15.8. The largest absolute Gasteiger partial charge is 0.479 e. The van der Waals surface area contributed by atoms with Crippen LogP contribution in [0.4, 0.5) is 0 Å². The summed E-state index contributed by atoms with van der Waals surface area (Å²) in [5.74, 6) is 0.0108. The number of oxime groups is 1. The van der Waals surface area contributed by atoms with Crippen LogP contribution in [0.1, 0.15) is 88.8 Å². The van der Waals surface area contributed by atoms with Gasteiger partial charge < -0.3 is 25.6 Å². The molecule has 2 aliphatic heterocycles. The van der Waals surface area contributed by atoms with Crippen LogP contribution in [0, 0.1) is 11.8 Å². The Labute approximate surface area is 228 Å². The van der Waals surface area contributed by atoms with Gasteiger partial charge in [-0.25, -0.2) is 9.78 Å². The predicted molar refractivity (Wildman–Crippen MR) is 147 cm³/mol. The number of primary amides is 1. The van der Waals surface area contributed by atoms with Gasteiger partial charge in [0, 0.05) is 18.1 Å². The van der Waals surface area contributed by atoms with Gasteiger partial charge in [-0.3, -0.25) is 9.59 Å². The summed E-state index contributed by atoms with van der Waals surface area (Å²) in [6, 6.07) is 7.81. The highest BCUT2D eigenvalue weighted by molar-refractivity contribution is 6.44. The highest BCUT2D eigenvalue weighted by atomic mass is 16.6.